The summed E-state index contributed by atoms with van der Waals surface area (Å²) >= 11 is 0. The molecule has 0 aliphatic rings. The van der Waals surface area contributed by atoms with E-state index in [1.807, 2.05) is 30.3 Å². The second-order valence-corrected chi connectivity index (χ2v) is 5.32. The molecule has 1 heterocycles. The van der Waals surface area contributed by atoms with Crippen molar-refractivity contribution in [2.75, 3.05) is 14.2 Å². The number of methoxy groups -OCH3 is 2. The number of benzene rings is 3. The van der Waals surface area contributed by atoms with Crippen LogP contribution >= 0.6 is 0 Å². The molecular weight excluding hydrogens is 292 g/mol. The first-order valence-corrected chi connectivity index (χ1v) is 7.22. The molecule has 3 aromatic carbocycles. The predicted molar refractivity (Wildman–Crippen MR) is 90.6 cm³/mol. The first-order chi connectivity index (χ1) is 11.2. The highest BCUT2D eigenvalue weighted by atomic mass is 16.5. The predicted octanol–water partition coefficient (Wildman–Crippen LogP) is 4.12. The molecule has 0 saturated heterocycles. The molecule has 0 saturated carbocycles. The molecule has 0 unspecified atom stereocenters. The summed E-state index contributed by atoms with van der Waals surface area (Å²) < 4.78 is 16.4. The van der Waals surface area contributed by atoms with Crippen LogP contribution in [0.25, 0.3) is 32.7 Å². The molecule has 1 aromatic heterocycles. The average molecular weight is 306 g/mol. The fourth-order valence-corrected chi connectivity index (χ4v) is 2.89. The Hall–Kier alpha value is -3.01. The minimum atomic E-state index is -0.0420. The van der Waals surface area contributed by atoms with Crippen molar-refractivity contribution >= 4 is 32.7 Å². The normalized spacial score (nSPS) is 11.2. The van der Waals surface area contributed by atoms with Gasteiger partial charge in [-0.25, -0.2) is 0 Å². The minimum Gasteiger partial charge on any atom is -0.497 e. The van der Waals surface area contributed by atoms with E-state index in [2.05, 4.69) is 0 Å². The van der Waals surface area contributed by atoms with Crippen molar-refractivity contribution in [3.63, 3.8) is 0 Å². The van der Waals surface area contributed by atoms with Crippen LogP contribution in [0.1, 0.15) is 0 Å². The summed E-state index contributed by atoms with van der Waals surface area (Å²) in [4.78, 5) is 12.9. The highest BCUT2D eigenvalue weighted by Gasteiger charge is 2.12. The zero-order chi connectivity index (χ0) is 16.0. The van der Waals surface area contributed by atoms with E-state index in [1.165, 1.54) is 0 Å². The van der Waals surface area contributed by atoms with Gasteiger partial charge < -0.3 is 13.9 Å². The first-order valence-electron chi connectivity index (χ1n) is 7.22. The molecule has 0 amide bonds. The van der Waals surface area contributed by atoms with Crippen LogP contribution in [0.5, 0.6) is 11.5 Å². The third-order valence-corrected chi connectivity index (χ3v) is 4.07. The molecular formula is C19H14O4. The van der Waals surface area contributed by atoms with Crippen LogP contribution in [0.15, 0.2) is 57.7 Å². The number of ether oxygens (including phenoxy) is 2. The Morgan fingerprint density at radius 2 is 1.48 bits per heavy atom. The third-order valence-electron chi connectivity index (χ3n) is 4.07. The van der Waals surface area contributed by atoms with E-state index in [4.69, 9.17) is 13.9 Å². The maximum atomic E-state index is 12.9. The van der Waals surface area contributed by atoms with Crippen LogP contribution < -0.4 is 14.9 Å². The molecule has 0 fully saturated rings. The van der Waals surface area contributed by atoms with Crippen molar-refractivity contribution in [1.82, 2.24) is 0 Å². The summed E-state index contributed by atoms with van der Waals surface area (Å²) in [6, 6.07) is 14.6. The smallest absolute Gasteiger partial charge is 0.201 e. The van der Waals surface area contributed by atoms with Gasteiger partial charge in [-0.3, -0.25) is 4.79 Å². The SMILES string of the molecule is COc1ccc2c(ccc3oc4cc(OC)ccc4c(=O)c32)c1. The Balaban J connectivity index is 2.16. The molecule has 23 heavy (non-hydrogen) atoms. The number of hydrogen-bond acceptors (Lipinski definition) is 4. The van der Waals surface area contributed by atoms with Crippen molar-refractivity contribution < 1.29 is 13.9 Å². The third kappa shape index (κ3) is 2.03. The zero-order valence-electron chi connectivity index (χ0n) is 12.8. The van der Waals surface area contributed by atoms with Gasteiger partial charge in [0.1, 0.15) is 22.7 Å². The molecule has 0 aliphatic carbocycles. The molecule has 0 bridgehead atoms. The van der Waals surface area contributed by atoms with Crippen molar-refractivity contribution in [1.29, 1.82) is 0 Å². The molecule has 4 nitrogen and oxygen atoms in total. The van der Waals surface area contributed by atoms with E-state index < -0.39 is 0 Å². The van der Waals surface area contributed by atoms with E-state index in [1.54, 1.807) is 32.4 Å². The lowest BCUT2D eigenvalue weighted by atomic mass is 10.0. The summed E-state index contributed by atoms with van der Waals surface area (Å²) in [6.45, 7) is 0. The molecule has 4 rings (SSSR count). The Morgan fingerprint density at radius 3 is 2.22 bits per heavy atom. The van der Waals surface area contributed by atoms with Gasteiger partial charge in [-0.1, -0.05) is 6.07 Å². The summed E-state index contributed by atoms with van der Waals surface area (Å²) in [5.41, 5.74) is 1.04. The van der Waals surface area contributed by atoms with Crippen LogP contribution in [0.4, 0.5) is 0 Å². The Morgan fingerprint density at radius 1 is 0.783 bits per heavy atom. The molecule has 114 valence electrons. The fourth-order valence-electron chi connectivity index (χ4n) is 2.89. The number of hydrogen-bond donors (Lipinski definition) is 0. The highest BCUT2D eigenvalue weighted by molar-refractivity contribution is 6.08. The van der Waals surface area contributed by atoms with Crippen LogP contribution in [-0.2, 0) is 0 Å². The van der Waals surface area contributed by atoms with Crippen LogP contribution in [-0.4, -0.2) is 14.2 Å². The Kier molecular flexibility index (Phi) is 2.98. The molecule has 4 heteroatoms. The van der Waals surface area contributed by atoms with E-state index in [9.17, 15) is 4.79 Å². The van der Waals surface area contributed by atoms with Crippen LogP contribution in [0.2, 0.25) is 0 Å². The van der Waals surface area contributed by atoms with Crippen molar-refractivity contribution in [3.05, 3.63) is 58.8 Å². The number of fused-ring (bicyclic) bond motifs is 4. The molecule has 4 aromatic rings. The first kappa shape index (κ1) is 13.6. The lowest BCUT2D eigenvalue weighted by Crippen LogP contribution is -2.03. The monoisotopic (exact) mass is 306 g/mol. The van der Waals surface area contributed by atoms with Crippen LogP contribution in [0, 0.1) is 0 Å². The van der Waals surface area contributed by atoms with E-state index in [-0.39, 0.29) is 5.43 Å². The average Bonchev–Trinajstić information content (AvgIpc) is 2.60. The zero-order valence-corrected chi connectivity index (χ0v) is 12.8. The van der Waals surface area contributed by atoms with Gasteiger partial charge in [0.2, 0.25) is 5.43 Å². The lowest BCUT2D eigenvalue weighted by molar-refractivity contribution is 0.414. The molecule has 0 atom stereocenters. The van der Waals surface area contributed by atoms with Crippen molar-refractivity contribution in [2.24, 2.45) is 0 Å². The highest BCUT2D eigenvalue weighted by Crippen LogP contribution is 2.29. The second-order valence-electron chi connectivity index (χ2n) is 5.32. The fraction of sp³-hybridized carbons (Fsp3) is 0.105. The standard InChI is InChI=1S/C19H14O4/c1-21-12-4-6-14-11(9-12)3-8-16-18(14)19(20)15-7-5-13(22-2)10-17(15)23-16/h3-10H,1-2H3. The second kappa shape index (κ2) is 5.02. The summed E-state index contributed by atoms with van der Waals surface area (Å²) in [5.74, 6) is 1.41. The Bertz CT molecular complexity index is 1110. The van der Waals surface area contributed by atoms with Gasteiger partial charge in [0.15, 0.2) is 0 Å². The molecule has 0 radical (unpaired) electrons. The van der Waals surface area contributed by atoms with Gasteiger partial charge in [-0.05, 0) is 47.2 Å². The lowest BCUT2D eigenvalue weighted by Gasteiger charge is -2.07. The van der Waals surface area contributed by atoms with Gasteiger partial charge in [0.25, 0.3) is 0 Å². The molecule has 0 N–H and O–H groups in total. The summed E-state index contributed by atoms with van der Waals surface area (Å²) in [7, 11) is 3.21. The Labute approximate surface area is 131 Å². The van der Waals surface area contributed by atoms with Crippen molar-refractivity contribution in [2.45, 2.75) is 0 Å². The van der Waals surface area contributed by atoms with E-state index >= 15 is 0 Å². The minimum absolute atomic E-state index is 0.0420. The summed E-state index contributed by atoms with van der Waals surface area (Å²) in [5, 5.41) is 2.93. The number of rotatable bonds is 2. The van der Waals surface area contributed by atoms with Crippen molar-refractivity contribution in [3.8, 4) is 11.5 Å². The van der Waals surface area contributed by atoms with Gasteiger partial charge in [-0.2, -0.15) is 0 Å². The largest absolute Gasteiger partial charge is 0.497 e. The molecule has 0 spiro atoms. The van der Waals surface area contributed by atoms with Gasteiger partial charge >= 0.3 is 0 Å². The van der Waals surface area contributed by atoms with Gasteiger partial charge in [0, 0.05) is 6.07 Å². The maximum Gasteiger partial charge on any atom is 0.201 e. The quantitative estimate of drug-likeness (QED) is 0.413. The van der Waals surface area contributed by atoms with E-state index in [0.29, 0.717) is 27.7 Å². The van der Waals surface area contributed by atoms with Gasteiger partial charge in [-0.15, -0.1) is 0 Å². The topological polar surface area (TPSA) is 48.7 Å². The van der Waals surface area contributed by atoms with Gasteiger partial charge in [0.05, 0.1) is 25.0 Å². The summed E-state index contributed by atoms with van der Waals surface area (Å²) in [6.07, 6.45) is 0. The van der Waals surface area contributed by atoms with E-state index in [0.717, 1.165) is 16.5 Å². The van der Waals surface area contributed by atoms with Crippen LogP contribution in [0.3, 0.4) is 0 Å². The molecule has 0 aliphatic heterocycles. The maximum absolute atomic E-state index is 12.9.